The number of nitrogens with zero attached hydrogens (tertiary/aromatic N) is 2. The minimum Gasteiger partial charge on any atom is -0.395 e. The number of aliphatic hydroxyl groups excluding tert-OH is 1. The number of carbonyl (C=O) groups excluding carboxylic acids is 1. The van der Waals surface area contributed by atoms with Gasteiger partial charge in [-0.25, -0.2) is 8.78 Å². The molecule has 1 fully saturated rings. The Bertz CT molecular complexity index is 475. The van der Waals surface area contributed by atoms with E-state index in [0.717, 1.165) is 12.8 Å². The van der Waals surface area contributed by atoms with Gasteiger partial charge in [-0.05, 0) is 28.8 Å². The molecule has 5 nitrogen and oxygen atoms in total. The summed E-state index contributed by atoms with van der Waals surface area (Å²) in [5.41, 5.74) is 0.339. The molecule has 106 valence electrons. The summed E-state index contributed by atoms with van der Waals surface area (Å²) in [7, 11) is 0. The number of hydrogen-bond acceptors (Lipinski definition) is 3. The molecule has 0 aliphatic heterocycles. The zero-order valence-electron chi connectivity index (χ0n) is 10.1. The molecule has 0 atom stereocenters. The Balaban J connectivity index is 2.19. The maximum Gasteiger partial charge on any atom is 0.283 e. The van der Waals surface area contributed by atoms with Crippen LogP contribution < -0.4 is 5.32 Å². The van der Waals surface area contributed by atoms with E-state index in [9.17, 15) is 13.6 Å². The lowest BCUT2D eigenvalue weighted by Gasteiger charge is -2.07. The van der Waals surface area contributed by atoms with Crippen LogP contribution in [0.4, 0.5) is 8.78 Å². The van der Waals surface area contributed by atoms with Crippen molar-refractivity contribution < 1.29 is 18.7 Å². The molecule has 1 aromatic heterocycles. The van der Waals surface area contributed by atoms with E-state index in [0.29, 0.717) is 10.2 Å². The highest BCUT2D eigenvalue weighted by atomic mass is 79.9. The number of alkyl halides is 2. The summed E-state index contributed by atoms with van der Waals surface area (Å²) in [6.07, 6.45) is -0.829. The predicted molar refractivity (Wildman–Crippen MR) is 67.0 cm³/mol. The molecular formula is C11H14BrF2N3O2. The summed E-state index contributed by atoms with van der Waals surface area (Å²) in [6.45, 7) is -0.134. The van der Waals surface area contributed by atoms with Crippen molar-refractivity contribution in [2.45, 2.75) is 31.7 Å². The quantitative estimate of drug-likeness (QED) is 0.827. The molecule has 2 N–H and O–H groups in total. The number of halogens is 3. The van der Waals surface area contributed by atoms with Crippen molar-refractivity contribution >= 4 is 21.8 Å². The van der Waals surface area contributed by atoms with Gasteiger partial charge in [-0.1, -0.05) is 0 Å². The summed E-state index contributed by atoms with van der Waals surface area (Å²) in [5.74, 6) is -0.160. The van der Waals surface area contributed by atoms with E-state index >= 15 is 0 Å². The standard InChI is InChI=1S/C11H14BrF2N3O2/c12-8-9(11(13)14)16-17(10(8)6-1-2-6)5-7(19)15-3-4-18/h6,11,18H,1-5H2,(H,15,19). The molecule has 1 aliphatic carbocycles. The second-order valence-electron chi connectivity index (χ2n) is 4.39. The van der Waals surface area contributed by atoms with Crippen LogP contribution in [0.1, 0.15) is 36.6 Å². The van der Waals surface area contributed by atoms with Crippen LogP contribution in [0.25, 0.3) is 0 Å². The topological polar surface area (TPSA) is 67.2 Å². The van der Waals surface area contributed by atoms with E-state index < -0.39 is 6.43 Å². The Kier molecular flexibility index (Phi) is 4.51. The van der Waals surface area contributed by atoms with Crippen LogP contribution in [0, 0.1) is 0 Å². The fraction of sp³-hybridized carbons (Fsp3) is 0.636. The smallest absolute Gasteiger partial charge is 0.283 e. The third-order valence-corrected chi connectivity index (χ3v) is 3.67. The number of nitrogens with one attached hydrogen (secondary N) is 1. The van der Waals surface area contributed by atoms with Gasteiger partial charge in [0, 0.05) is 12.5 Å². The highest BCUT2D eigenvalue weighted by Crippen LogP contribution is 2.45. The van der Waals surface area contributed by atoms with Crippen molar-refractivity contribution in [3.05, 3.63) is 15.9 Å². The molecule has 0 spiro atoms. The van der Waals surface area contributed by atoms with Gasteiger partial charge in [0.2, 0.25) is 5.91 Å². The fourth-order valence-corrected chi connectivity index (χ4v) is 2.65. The molecule has 1 saturated carbocycles. The van der Waals surface area contributed by atoms with E-state index in [1.807, 2.05) is 0 Å². The lowest BCUT2D eigenvalue weighted by molar-refractivity contribution is -0.122. The van der Waals surface area contributed by atoms with Gasteiger partial charge < -0.3 is 10.4 Å². The summed E-state index contributed by atoms with van der Waals surface area (Å²) in [6, 6.07) is 0. The first-order chi connectivity index (χ1) is 9.04. The minimum absolute atomic E-state index is 0.114. The van der Waals surface area contributed by atoms with Gasteiger partial charge in [0.15, 0.2) is 0 Å². The molecule has 8 heteroatoms. The van der Waals surface area contributed by atoms with Crippen molar-refractivity contribution in [2.24, 2.45) is 0 Å². The van der Waals surface area contributed by atoms with Crippen molar-refractivity contribution in [3.63, 3.8) is 0 Å². The molecule has 19 heavy (non-hydrogen) atoms. The van der Waals surface area contributed by atoms with Crippen molar-refractivity contribution in [1.82, 2.24) is 15.1 Å². The van der Waals surface area contributed by atoms with Gasteiger partial charge in [-0.2, -0.15) is 5.10 Å². The number of hydrogen-bond donors (Lipinski definition) is 2. The molecule has 0 bridgehead atoms. The van der Waals surface area contributed by atoms with Crippen LogP contribution in [0.3, 0.4) is 0 Å². The largest absolute Gasteiger partial charge is 0.395 e. The number of aliphatic hydroxyl groups is 1. The summed E-state index contributed by atoms with van der Waals surface area (Å²) < 4.78 is 27.2. The van der Waals surface area contributed by atoms with E-state index in [2.05, 4.69) is 26.3 Å². The Morgan fingerprint density at radius 3 is 2.79 bits per heavy atom. The molecule has 2 rings (SSSR count). The van der Waals surface area contributed by atoms with Crippen LogP contribution in [-0.4, -0.2) is 33.9 Å². The average molecular weight is 338 g/mol. The first-order valence-corrected chi connectivity index (χ1v) is 6.75. The van der Waals surface area contributed by atoms with Crippen LogP contribution >= 0.6 is 15.9 Å². The Morgan fingerprint density at radius 1 is 1.58 bits per heavy atom. The summed E-state index contributed by atoms with van der Waals surface area (Å²) in [5, 5.41) is 14.9. The van der Waals surface area contributed by atoms with Gasteiger partial charge >= 0.3 is 0 Å². The second kappa shape index (κ2) is 5.96. The molecule has 0 unspecified atom stereocenters. The van der Waals surface area contributed by atoms with Gasteiger partial charge in [0.05, 0.1) is 16.8 Å². The highest BCUT2D eigenvalue weighted by molar-refractivity contribution is 9.10. The van der Waals surface area contributed by atoms with Crippen LogP contribution in [-0.2, 0) is 11.3 Å². The fourth-order valence-electron chi connectivity index (χ4n) is 1.87. The van der Waals surface area contributed by atoms with Gasteiger partial charge in [0.25, 0.3) is 6.43 Å². The molecular weight excluding hydrogens is 324 g/mol. The van der Waals surface area contributed by atoms with Crippen molar-refractivity contribution in [2.75, 3.05) is 13.2 Å². The molecule has 1 heterocycles. The van der Waals surface area contributed by atoms with Crippen molar-refractivity contribution in [3.8, 4) is 0 Å². The van der Waals surface area contributed by atoms with Gasteiger partial charge in [-0.3, -0.25) is 9.48 Å². The van der Waals surface area contributed by atoms with E-state index in [1.165, 1.54) is 4.68 Å². The number of carbonyl (C=O) groups is 1. The first kappa shape index (κ1) is 14.4. The Labute approximate surface area is 117 Å². The number of rotatable bonds is 6. The maximum absolute atomic E-state index is 12.8. The Morgan fingerprint density at radius 2 is 2.26 bits per heavy atom. The maximum atomic E-state index is 12.8. The molecule has 0 radical (unpaired) electrons. The lowest BCUT2D eigenvalue weighted by atomic mass is 10.2. The van der Waals surface area contributed by atoms with E-state index in [1.54, 1.807) is 0 Å². The third kappa shape index (κ3) is 3.30. The third-order valence-electron chi connectivity index (χ3n) is 2.85. The minimum atomic E-state index is -2.67. The van der Waals surface area contributed by atoms with Crippen LogP contribution in [0.15, 0.2) is 4.47 Å². The first-order valence-electron chi connectivity index (χ1n) is 5.96. The SMILES string of the molecule is O=C(Cn1nc(C(F)F)c(Br)c1C1CC1)NCCO. The lowest BCUT2D eigenvalue weighted by Crippen LogP contribution is -2.30. The van der Waals surface area contributed by atoms with E-state index in [-0.39, 0.29) is 37.2 Å². The zero-order valence-corrected chi connectivity index (χ0v) is 11.7. The van der Waals surface area contributed by atoms with Crippen LogP contribution in [0.5, 0.6) is 0 Å². The van der Waals surface area contributed by atoms with Crippen molar-refractivity contribution in [1.29, 1.82) is 0 Å². The zero-order chi connectivity index (χ0) is 14.0. The average Bonchev–Trinajstić information content (AvgIpc) is 3.12. The second-order valence-corrected chi connectivity index (χ2v) is 5.18. The molecule has 1 aliphatic rings. The van der Waals surface area contributed by atoms with E-state index in [4.69, 9.17) is 5.11 Å². The van der Waals surface area contributed by atoms with Crippen LogP contribution in [0.2, 0.25) is 0 Å². The number of aromatic nitrogens is 2. The molecule has 1 amide bonds. The van der Waals surface area contributed by atoms with Gasteiger partial charge in [0.1, 0.15) is 12.2 Å². The normalized spacial score (nSPS) is 15.0. The summed E-state index contributed by atoms with van der Waals surface area (Å²) in [4.78, 5) is 11.6. The molecule has 0 saturated heterocycles. The molecule has 1 aromatic rings. The predicted octanol–water partition coefficient (Wildman–Crippen LogP) is 1.57. The number of amides is 1. The summed E-state index contributed by atoms with van der Waals surface area (Å²) >= 11 is 3.15. The van der Waals surface area contributed by atoms with Gasteiger partial charge in [-0.15, -0.1) is 0 Å². The Hall–Kier alpha value is -1.02. The monoisotopic (exact) mass is 337 g/mol. The highest BCUT2D eigenvalue weighted by Gasteiger charge is 2.33. The molecule has 0 aromatic carbocycles.